The van der Waals surface area contributed by atoms with Crippen molar-refractivity contribution >= 4 is 0 Å². The normalized spacial score (nSPS) is 26.6. The maximum absolute atomic E-state index is 8.69. The van der Waals surface area contributed by atoms with Crippen LogP contribution in [0.5, 0.6) is 0 Å². The van der Waals surface area contributed by atoms with Crippen molar-refractivity contribution in [3.8, 4) is 0 Å². The zero-order valence-corrected chi connectivity index (χ0v) is 4.30. The number of hydrogen-bond donors (Lipinski definition) is 1. The molecule has 0 saturated carbocycles. The van der Waals surface area contributed by atoms with Crippen molar-refractivity contribution in [2.75, 3.05) is 13.1 Å². The van der Waals surface area contributed by atoms with Crippen LogP contribution in [0.2, 0.25) is 0 Å². The highest BCUT2D eigenvalue weighted by atomic mass is 16.3. The average Bonchev–Trinajstić information content (AvgIpc) is 1.23. The van der Waals surface area contributed by atoms with Gasteiger partial charge in [0, 0.05) is 13.1 Å². The largest absolute Gasteiger partial charge is 0.378 e. The van der Waals surface area contributed by atoms with Crippen LogP contribution in [0.25, 0.3) is 0 Å². The standard InChI is InChI=1S/C5H10NO/c1-5(7)6-3-2-4-6/h5,7H,1-4H2. The minimum Gasteiger partial charge on any atom is -0.378 e. The van der Waals surface area contributed by atoms with Crippen molar-refractivity contribution < 1.29 is 5.11 Å². The van der Waals surface area contributed by atoms with Gasteiger partial charge >= 0.3 is 0 Å². The van der Waals surface area contributed by atoms with Crippen LogP contribution in [0.3, 0.4) is 0 Å². The number of likely N-dealkylation sites (tertiary alicyclic amines) is 1. The van der Waals surface area contributed by atoms with Crippen LogP contribution < -0.4 is 0 Å². The maximum Gasteiger partial charge on any atom is 0.107 e. The molecule has 0 aromatic heterocycles. The van der Waals surface area contributed by atoms with Gasteiger partial charge in [0.25, 0.3) is 0 Å². The van der Waals surface area contributed by atoms with Gasteiger partial charge in [-0.3, -0.25) is 4.90 Å². The summed E-state index contributed by atoms with van der Waals surface area (Å²) in [4.78, 5) is 1.92. The fourth-order valence-corrected chi connectivity index (χ4v) is 0.639. The molecule has 0 aromatic carbocycles. The number of nitrogens with zero attached hydrogens (tertiary/aromatic N) is 1. The van der Waals surface area contributed by atoms with E-state index in [1.165, 1.54) is 6.42 Å². The summed E-state index contributed by atoms with van der Waals surface area (Å²) in [6.07, 6.45) is 0.751. The molecule has 0 aliphatic carbocycles. The second-order valence-electron chi connectivity index (χ2n) is 1.87. The molecule has 1 heterocycles. The Morgan fingerprint density at radius 3 is 2.14 bits per heavy atom. The van der Waals surface area contributed by atoms with Gasteiger partial charge < -0.3 is 5.11 Å². The predicted molar refractivity (Wildman–Crippen MR) is 27.6 cm³/mol. The molecule has 1 N–H and O–H groups in total. The van der Waals surface area contributed by atoms with Crippen molar-refractivity contribution in [3.05, 3.63) is 6.92 Å². The summed E-state index contributed by atoms with van der Waals surface area (Å²) < 4.78 is 0. The van der Waals surface area contributed by atoms with Gasteiger partial charge in [0.2, 0.25) is 0 Å². The van der Waals surface area contributed by atoms with E-state index in [4.69, 9.17) is 5.11 Å². The topological polar surface area (TPSA) is 23.5 Å². The Morgan fingerprint density at radius 1 is 1.57 bits per heavy atom. The van der Waals surface area contributed by atoms with Gasteiger partial charge in [-0.05, 0) is 13.3 Å². The van der Waals surface area contributed by atoms with Gasteiger partial charge in [0.1, 0.15) is 6.23 Å². The number of hydrogen-bond acceptors (Lipinski definition) is 2. The minimum absolute atomic E-state index is 0.464. The van der Waals surface area contributed by atoms with Crippen LogP contribution in [0.4, 0.5) is 0 Å². The van der Waals surface area contributed by atoms with Crippen molar-refractivity contribution in [3.63, 3.8) is 0 Å². The fourth-order valence-electron chi connectivity index (χ4n) is 0.639. The van der Waals surface area contributed by atoms with Gasteiger partial charge in [0.15, 0.2) is 0 Å². The molecule has 0 aromatic rings. The Morgan fingerprint density at radius 2 is 2.14 bits per heavy atom. The van der Waals surface area contributed by atoms with Gasteiger partial charge in [-0.2, -0.15) is 0 Å². The summed E-state index contributed by atoms with van der Waals surface area (Å²) in [5, 5.41) is 8.69. The lowest BCUT2D eigenvalue weighted by molar-refractivity contribution is -0.00234. The van der Waals surface area contributed by atoms with E-state index in [0.29, 0.717) is 0 Å². The number of aliphatic hydroxyl groups excluding tert-OH is 1. The first-order valence-corrected chi connectivity index (χ1v) is 2.56. The molecule has 41 valence electrons. The molecule has 2 nitrogen and oxygen atoms in total. The van der Waals surface area contributed by atoms with Crippen LogP contribution in [-0.4, -0.2) is 29.3 Å². The Hall–Kier alpha value is -0.0800. The van der Waals surface area contributed by atoms with E-state index in [-0.39, 0.29) is 0 Å². The summed E-state index contributed by atoms with van der Waals surface area (Å²) in [5.74, 6) is 0. The molecule has 1 aliphatic rings. The highest BCUT2D eigenvalue weighted by Crippen LogP contribution is 2.07. The Balaban J connectivity index is 2.14. The average molecular weight is 100 g/mol. The molecule has 1 rings (SSSR count). The van der Waals surface area contributed by atoms with Crippen molar-refractivity contribution in [1.82, 2.24) is 4.90 Å². The zero-order chi connectivity index (χ0) is 5.28. The van der Waals surface area contributed by atoms with E-state index in [9.17, 15) is 0 Å². The molecular weight excluding hydrogens is 90.1 g/mol. The smallest absolute Gasteiger partial charge is 0.107 e. The summed E-state index contributed by atoms with van der Waals surface area (Å²) in [6, 6.07) is 0. The molecule has 1 fully saturated rings. The molecule has 1 saturated heterocycles. The molecule has 2 heteroatoms. The highest BCUT2D eigenvalue weighted by molar-refractivity contribution is 4.71. The summed E-state index contributed by atoms with van der Waals surface area (Å²) >= 11 is 0. The lowest BCUT2D eigenvalue weighted by Gasteiger charge is -2.32. The highest BCUT2D eigenvalue weighted by Gasteiger charge is 2.16. The summed E-state index contributed by atoms with van der Waals surface area (Å²) in [7, 11) is 0. The van der Waals surface area contributed by atoms with Crippen LogP contribution >= 0.6 is 0 Å². The molecule has 0 bridgehead atoms. The lowest BCUT2D eigenvalue weighted by atomic mass is 10.2. The molecular formula is C5H10NO. The van der Waals surface area contributed by atoms with E-state index >= 15 is 0 Å². The molecule has 0 amide bonds. The minimum atomic E-state index is -0.464. The SMILES string of the molecule is [CH2]C(O)N1CCC1. The Kier molecular flexibility index (Phi) is 1.30. The number of rotatable bonds is 1. The van der Waals surface area contributed by atoms with E-state index < -0.39 is 6.23 Å². The maximum atomic E-state index is 8.69. The molecule has 1 aliphatic heterocycles. The first-order valence-electron chi connectivity index (χ1n) is 2.56. The van der Waals surface area contributed by atoms with E-state index in [1.54, 1.807) is 0 Å². The van der Waals surface area contributed by atoms with Crippen LogP contribution in [0, 0.1) is 6.92 Å². The summed E-state index contributed by atoms with van der Waals surface area (Å²) in [6.45, 7) is 5.48. The van der Waals surface area contributed by atoms with Crippen LogP contribution in [0.1, 0.15) is 6.42 Å². The third-order valence-electron chi connectivity index (χ3n) is 1.31. The molecule has 1 radical (unpaired) electrons. The van der Waals surface area contributed by atoms with Crippen molar-refractivity contribution in [2.45, 2.75) is 12.6 Å². The monoisotopic (exact) mass is 100 g/mol. The zero-order valence-electron chi connectivity index (χ0n) is 4.30. The quantitative estimate of drug-likeness (QED) is 0.495. The second kappa shape index (κ2) is 1.80. The first kappa shape index (κ1) is 5.06. The van der Waals surface area contributed by atoms with Crippen molar-refractivity contribution in [2.24, 2.45) is 0 Å². The van der Waals surface area contributed by atoms with Crippen LogP contribution in [-0.2, 0) is 0 Å². The lowest BCUT2D eigenvalue weighted by Crippen LogP contribution is -2.43. The third-order valence-corrected chi connectivity index (χ3v) is 1.31. The van der Waals surface area contributed by atoms with Gasteiger partial charge in [0.05, 0.1) is 0 Å². The van der Waals surface area contributed by atoms with Gasteiger partial charge in [-0.25, -0.2) is 0 Å². The van der Waals surface area contributed by atoms with Gasteiger partial charge in [-0.15, -0.1) is 0 Å². The first-order chi connectivity index (χ1) is 3.30. The molecule has 7 heavy (non-hydrogen) atoms. The molecule has 0 spiro atoms. The summed E-state index contributed by atoms with van der Waals surface area (Å²) in [5.41, 5.74) is 0. The van der Waals surface area contributed by atoms with E-state index in [2.05, 4.69) is 6.92 Å². The molecule has 1 unspecified atom stereocenters. The van der Waals surface area contributed by atoms with E-state index in [0.717, 1.165) is 13.1 Å². The Labute approximate surface area is 43.7 Å². The van der Waals surface area contributed by atoms with Crippen molar-refractivity contribution in [1.29, 1.82) is 0 Å². The second-order valence-corrected chi connectivity index (χ2v) is 1.87. The predicted octanol–water partition coefficient (Wildman–Crippen LogP) is -0.155. The van der Waals surface area contributed by atoms with Gasteiger partial charge in [-0.1, -0.05) is 0 Å². The third kappa shape index (κ3) is 0.924. The van der Waals surface area contributed by atoms with E-state index in [1.807, 2.05) is 4.90 Å². The number of aliphatic hydroxyl groups is 1. The van der Waals surface area contributed by atoms with Crippen LogP contribution in [0.15, 0.2) is 0 Å². The molecule has 1 atom stereocenters. The Bertz CT molecular complexity index is 59.1. The fraction of sp³-hybridized carbons (Fsp3) is 0.800.